The average Bonchev–Trinajstić information content (AvgIpc) is 3.09. The molecule has 0 saturated carbocycles. The maximum atomic E-state index is 11.6. The first-order valence-electron chi connectivity index (χ1n) is 8.31. The van der Waals surface area contributed by atoms with Crippen LogP contribution in [0.5, 0.6) is 0 Å². The molecule has 0 aromatic carbocycles. The molecule has 2 aliphatic heterocycles. The lowest BCUT2D eigenvalue weighted by molar-refractivity contribution is -0.127. The van der Waals surface area contributed by atoms with E-state index in [0.717, 1.165) is 65.1 Å². The summed E-state index contributed by atoms with van der Waals surface area (Å²) in [6.45, 7) is 8.49. The highest BCUT2D eigenvalue weighted by atomic mass is 16.5. The van der Waals surface area contributed by atoms with Gasteiger partial charge in [0.1, 0.15) is 0 Å². The van der Waals surface area contributed by atoms with Gasteiger partial charge in [0.05, 0.1) is 25.5 Å². The second kappa shape index (κ2) is 7.24. The molecule has 0 spiro atoms. The van der Waals surface area contributed by atoms with Crippen LogP contribution in [0.4, 0.5) is 0 Å². The Labute approximate surface area is 132 Å². The van der Waals surface area contributed by atoms with Crippen molar-refractivity contribution < 1.29 is 9.53 Å². The van der Waals surface area contributed by atoms with Crippen molar-refractivity contribution in [2.24, 2.45) is 0 Å². The van der Waals surface area contributed by atoms with E-state index in [1.165, 1.54) is 5.56 Å². The first-order valence-corrected chi connectivity index (χ1v) is 8.31. The number of aromatic nitrogens is 2. The Kier molecular flexibility index (Phi) is 5.10. The minimum Gasteiger partial charge on any atom is -0.374 e. The summed E-state index contributed by atoms with van der Waals surface area (Å²) < 4.78 is 7.82. The fraction of sp³-hybridized carbons (Fsp3) is 0.750. The Hall–Kier alpha value is -1.40. The quantitative estimate of drug-likeness (QED) is 0.784. The van der Waals surface area contributed by atoms with E-state index in [2.05, 4.69) is 23.1 Å². The monoisotopic (exact) mass is 306 g/mol. The van der Waals surface area contributed by atoms with Crippen molar-refractivity contribution in [1.82, 2.24) is 19.6 Å². The molecule has 6 nitrogen and oxygen atoms in total. The van der Waals surface area contributed by atoms with Gasteiger partial charge in [-0.1, -0.05) is 0 Å². The van der Waals surface area contributed by atoms with Gasteiger partial charge in [-0.15, -0.1) is 0 Å². The lowest BCUT2D eigenvalue weighted by Gasteiger charge is -2.33. The number of aryl methyl sites for hydroxylation is 1. The Morgan fingerprint density at radius 2 is 2.27 bits per heavy atom. The number of nitrogens with zero attached hydrogens (tertiary/aromatic N) is 4. The third-order valence-electron chi connectivity index (χ3n) is 4.45. The SMILES string of the molecule is Cc1cnn(C[C@H]2CN(CCCN3CCCC3=O)CCO2)c1. The van der Waals surface area contributed by atoms with Crippen molar-refractivity contribution in [2.75, 3.05) is 39.3 Å². The predicted octanol–water partition coefficient (Wildman–Crippen LogP) is 0.905. The minimum atomic E-state index is 0.210. The van der Waals surface area contributed by atoms with Gasteiger partial charge in [-0.2, -0.15) is 5.10 Å². The van der Waals surface area contributed by atoms with E-state index in [0.29, 0.717) is 5.91 Å². The molecule has 1 amide bonds. The van der Waals surface area contributed by atoms with Gasteiger partial charge in [0.25, 0.3) is 0 Å². The zero-order valence-electron chi connectivity index (χ0n) is 13.4. The zero-order chi connectivity index (χ0) is 15.4. The Morgan fingerprint density at radius 3 is 3.00 bits per heavy atom. The number of carbonyl (C=O) groups excluding carboxylic acids is 1. The molecule has 2 saturated heterocycles. The minimum absolute atomic E-state index is 0.210. The van der Waals surface area contributed by atoms with E-state index in [-0.39, 0.29) is 6.10 Å². The van der Waals surface area contributed by atoms with Crippen molar-refractivity contribution in [1.29, 1.82) is 0 Å². The van der Waals surface area contributed by atoms with Gasteiger partial charge in [-0.25, -0.2) is 0 Å². The van der Waals surface area contributed by atoms with Gasteiger partial charge in [-0.05, 0) is 25.3 Å². The molecule has 6 heteroatoms. The first kappa shape index (κ1) is 15.5. The van der Waals surface area contributed by atoms with Crippen LogP contribution in [0.15, 0.2) is 12.4 Å². The van der Waals surface area contributed by atoms with E-state index in [4.69, 9.17) is 4.74 Å². The van der Waals surface area contributed by atoms with E-state index >= 15 is 0 Å². The third-order valence-corrected chi connectivity index (χ3v) is 4.45. The topological polar surface area (TPSA) is 50.6 Å². The summed E-state index contributed by atoms with van der Waals surface area (Å²) in [5.41, 5.74) is 1.18. The molecule has 0 unspecified atom stereocenters. The standard InChI is InChI=1S/C16H26N4O2/c1-14-10-17-20(11-14)13-15-12-18(8-9-22-15)5-3-7-19-6-2-4-16(19)21/h10-11,15H,2-9,12-13H2,1H3/t15-/m1/s1. The summed E-state index contributed by atoms with van der Waals surface area (Å²) in [7, 11) is 0. The number of morpholine rings is 1. The number of likely N-dealkylation sites (tertiary alicyclic amines) is 1. The molecule has 1 aromatic rings. The molecule has 1 aromatic heterocycles. The second-order valence-electron chi connectivity index (χ2n) is 6.37. The van der Waals surface area contributed by atoms with Crippen LogP contribution >= 0.6 is 0 Å². The maximum absolute atomic E-state index is 11.6. The molecule has 1 atom stereocenters. The van der Waals surface area contributed by atoms with Crippen LogP contribution in [0.25, 0.3) is 0 Å². The molecular formula is C16H26N4O2. The van der Waals surface area contributed by atoms with Gasteiger partial charge in [-0.3, -0.25) is 14.4 Å². The van der Waals surface area contributed by atoms with E-state index < -0.39 is 0 Å². The molecule has 122 valence electrons. The van der Waals surface area contributed by atoms with Crippen molar-refractivity contribution >= 4 is 5.91 Å². The number of hydrogen-bond acceptors (Lipinski definition) is 4. The van der Waals surface area contributed by atoms with Crippen LogP contribution in [0.1, 0.15) is 24.8 Å². The fourth-order valence-electron chi connectivity index (χ4n) is 3.30. The largest absolute Gasteiger partial charge is 0.374 e. The van der Waals surface area contributed by atoms with Gasteiger partial charge >= 0.3 is 0 Å². The van der Waals surface area contributed by atoms with Gasteiger partial charge < -0.3 is 9.64 Å². The van der Waals surface area contributed by atoms with Gasteiger partial charge in [0.2, 0.25) is 5.91 Å². The normalized spacial score (nSPS) is 23.4. The van der Waals surface area contributed by atoms with Crippen LogP contribution in [0, 0.1) is 6.92 Å². The molecule has 0 bridgehead atoms. The number of ether oxygens (including phenoxy) is 1. The van der Waals surface area contributed by atoms with E-state index in [1.807, 2.05) is 15.8 Å². The highest BCUT2D eigenvalue weighted by Gasteiger charge is 2.22. The van der Waals surface area contributed by atoms with Crippen LogP contribution in [-0.4, -0.2) is 70.9 Å². The number of hydrogen-bond donors (Lipinski definition) is 0. The van der Waals surface area contributed by atoms with Gasteiger partial charge in [0.15, 0.2) is 0 Å². The average molecular weight is 306 g/mol. The van der Waals surface area contributed by atoms with Crippen LogP contribution in [0.3, 0.4) is 0 Å². The molecule has 0 aliphatic carbocycles. The summed E-state index contributed by atoms with van der Waals surface area (Å²) in [5.74, 6) is 0.328. The molecule has 3 heterocycles. The van der Waals surface area contributed by atoms with E-state index in [1.54, 1.807) is 0 Å². The van der Waals surface area contributed by atoms with Crippen molar-refractivity contribution in [2.45, 2.75) is 38.8 Å². The lowest BCUT2D eigenvalue weighted by Crippen LogP contribution is -2.45. The van der Waals surface area contributed by atoms with Crippen LogP contribution in [0.2, 0.25) is 0 Å². The Bertz CT molecular complexity index is 502. The number of carbonyl (C=O) groups is 1. The van der Waals surface area contributed by atoms with Crippen molar-refractivity contribution in [3.8, 4) is 0 Å². The fourth-order valence-corrected chi connectivity index (χ4v) is 3.30. The number of amides is 1. The summed E-state index contributed by atoms with van der Waals surface area (Å²) in [4.78, 5) is 16.1. The molecule has 22 heavy (non-hydrogen) atoms. The van der Waals surface area contributed by atoms with Crippen LogP contribution in [-0.2, 0) is 16.1 Å². The predicted molar refractivity (Wildman–Crippen MR) is 83.6 cm³/mol. The zero-order valence-corrected chi connectivity index (χ0v) is 13.4. The molecule has 0 N–H and O–H groups in total. The third kappa shape index (κ3) is 4.08. The Morgan fingerprint density at radius 1 is 1.36 bits per heavy atom. The van der Waals surface area contributed by atoms with Crippen molar-refractivity contribution in [3.63, 3.8) is 0 Å². The summed E-state index contributed by atoms with van der Waals surface area (Å²) in [6.07, 6.45) is 6.97. The molecular weight excluding hydrogens is 280 g/mol. The van der Waals surface area contributed by atoms with Crippen molar-refractivity contribution in [3.05, 3.63) is 18.0 Å². The molecule has 3 rings (SSSR count). The van der Waals surface area contributed by atoms with Crippen LogP contribution < -0.4 is 0 Å². The molecule has 2 fully saturated rings. The van der Waals surface area contributed by atoms with E-state index in [9.17, 15) is 4.79 Å². The highest BCUT2D eigenvalue weighted by Crippen LogP contribution is 2.12. The number of rotatable bonds is 6. The molecule has 0 radical (unpaired) electrons. The lowest BCUT2D eigenvalue weighted by atomic mass is 10.2. The smallest absolute Gasteiger partial charge is 0.222 e. The highest BCUT2D eigenvalue weighted by molar-refractivity contribution is 5.77. The summed E-state index contributed by atoms with van der Waals surface area (Å²) >= 11 is 0. The first-order chi connectivity index (χ1) is 10.7. The summed E-state index contributed by atoms with van der Waals surface area (Å²) in [6, 6.07) is 0. The maximum Gasteiger partial charge on any atom is 0.222 e. The summed E-state index contributed by atoms with van der Waals surface area (Å²) in [5, 5.41) is 4.33. The molecule has 2 aliphatic rings. The Balaban J connectivity index is 1.39. The van der Waals surface area contributed by atoms with Gasteiger partial charge in [0, 0.05) is 45.3 Å². The second-order valence-corrected chi connectivity index (χ2v) is 6.37.